The van der Waals surface area contributed by atoms with Gasteiger partial charge >= 0.3 is 0 Å². The van der Waals surface area contributed by atoms with Gasteiger partial charge in [0.1, 0.15) is 23.0 Å². The lowest BCUT2D eigenvalue weighted by Gasteiger charge is -2.16. The molecule has 216 valence electrons. The molecule has 43 heavy (non-hydrogen) atoms. The number of hydrogen-bond donors (Lipinski definition) is 0. The molecule has 2 heterocycles. The summed E-state index contributed by atoms with van der Waals surface area (Å²) in [6.45, 7) is 2.23. The van der Waals surface area contributed by atoms with Crippen molar-refractivity contribution in [2.75, 3.05) is 6.61 Å². The zero-order valence-electron chi connectivity index (χ0n) is 22.5. The van der Waals surface area contributed by atoms with E-state index >= 15 is 0 Å². The van der Waals surface area contributed by atoms with Crippen molar-refractivity contribution < 1.29 is 18.3 Å². The summed E-state index contributed by atoms with van der Waals surface area (Å²) >= 11 is 16.4. The lowest BCUT2D eigenvalue weighted by Crippen LogP contribution is -2.20. The van der Waals surface area contributed by atoms with Crippen LogP contribution in [-0.4, -0.2) is 22.5 Å². The molecule has 0 fully saturated rings. The lowest BCUT2D eigenvalue weighted by atomic mass is 10.2. The van der Waals surface area contributed by atoms with Crippen LogP contribution in [0.25, 0.3) is 33.5 Å². The second-order valence-corrected chi connectivity index (χ2v) is 11.0. The zero-order valence-corrected chi connectivity index (χ0v) is 25.6. The summed E-state index contributed by atoms with van der Waals surface area (Å²) in [7, 11) is 0. The third-order valence-electron chi connectivity index (χ3n) is 6.49. The smallest absolute Gasteiger partial charge is 0.282 e. The van der Waals surface area contributed by atoms with E-state index < -0.39 is 5.56 Å². The molecular formula is C32H21BrCl2FN3O4. The molecule has 0 saturated carbocycles. The van der Waals surface area contributed by atoms with Crippen molar-refractivity contribution >= 4 is 67.2 Å². The highest BCUT2D eigenvalue weighted by Crippen LogP contribution is 2.43. The van der Waals surface area contributed by atoms with Gasteiger partial charge in [-0.25, -0.2) is 9.37 Å². The van der Waals surface area contributed by atoms with E-state index in [0.29, 0.717) is 55.2 Å². The van der Waals surface area contributed by atoms with Crippen LogP contribution in [0.3, 0.4) is 0 Å². The van der Waals surface area contributed by atoms with Gasteiger partial charge in [-0.3, -0.25) is 4.79 Å². The van der Waals surface area contributed by atoms with Crippen LogP contribution >= 0.6 is 39.1 Å². The molecule has 11 heteroatoms. The van der Waals surface area contributed by atoms with E-state index in [9.17, 15) is 9.18 Å². The highest BCUT2D eigenvalue weighted by Gasteiger charge is 2.20. The standard InChI is InChI=1S/C32H21BrCl2FN3O4/c1-2-41-26-15-20(28(33)29(35)30(26)42-17-18-6-5-7-22(36)12-18)16-37-39-31(38-24-9-4-3-8-23(24)32(39)40)27-14-19-13-21(34)10-11-25(19)43-27/h3-16H,2,17H2,1H3. The maximum atomic E-state index is 13.7. The minimum absolute atomic E-state index is 0.0711. The van der Waals surface area contributed by atoms with E-state index in [1.807, 2.05) is 6.92 Å². The first kappa shape index (κ1) is 28.9. The van der Waals surface area contributed by atoms with Gasteiger partial charge in [-0.05, 0) is 83.0 Å². The summed E-state index contributed by atoms with van der Waals surface area (Å²) in [6, 6.07) is 21.8. The molecule has 7 nitrogen and oxygen atoms in total. The Bertz CT molecular complexity index is 2090. The Balaban J connectivity index is 1.44. The Morgan fingerprint density at radius 2 is 1.88 bits per heavy atom. The Morgan fingerprint density at radius 1 is 1.05 bits per heavy atom. The van der Waals surface area contributed by atoms with Crippen LogP contribution in [0.1, 0.15) is 18.1 Å². The maximum Gasteiger partial charge on any atom is 0.282 e. The summed E-state index contributed by atoms with van der Waals surface area (Å²) < 4.78 is 33.1. The average molecular weight is 681 g/mol. The summed E-state index contributed by atoms with van der Waals surface area (Å²) in [5, 5.41) is 6.45. The zero-order chi connectivity index (χ0) is 30.1. The van der Waals surface area contributed by atoms with Crippen molar-refractivity contribution in [2.24, 2.45) is 5.10 Å². The van der Waals surface area contributed by atoms with Gasteiger partial charge in [0.25, 0.3) is 5.56 Å². The van der Waals surface area contributed by atoms with Crippen LogP contribution in [0.2, 0.25) is 10.0 Å². The molecule has 0 N–H and O–H groups in total. The van der Waals surface area contributed by atoms with E-state index in [1.54, 1.807) is 66.7 Å². The van der Waals surface area contributed by atoms with Crippen molar-refractivity contribution in [3.8, 4) is 23.1 Å². The number of rotatable bonds is 8. The predicted octanol–water partition coefficient (Wildman–Crippen LogP) is 8.88. The van der Waals surface area contributed by atoms with Crippen LogP contribution in [0.5, 0.6) is 11.5 Å². The van der Waals surface area contributed by atoms with E-state index in [0.717, 1.165) is 5.39 Å². The Hall–Kier alpha value is -4.18. The first-order valence-electron chi connectivity index (χ1n) is 13.1. The second kappa shape index (κ2) is 12.2. The number of hydrogen-bond acceptors (Lipinski definition) is 6. The van der Waals surface area contributed by atoms with Crippen molar-refractivity contribution in [1.29, 1.82) is 0 Å². The third kappa shape index (κ3) is 5.88. The Labute approximate surface area is 263 Å². The molecule has 0 radical (unpaired) electrons. The molecule has 0 spiro atoms. The molecule has 0 bridgehead atoms. The predicted molar refractivity (Wildman–Crippen MR) is 170 cm³/mol. The van der Waals surface area contributed by atoms with E-state index in [2.05, 4.69) is 21.0 Å². The lowest BCUT2D eigenvalue weighted by molar-refractivity contribution is 0.269. The number of furan rings is 1. The third-order valence-corrected chi connectivity index (χ3v) is 8.17. The Kier molecular flexibility index (Phi) is 8.21. The molecule has 0 aliphatic carbocycles. The van der Waals surface area contributed by atoms with Crippen molar-refractivity contribution in [1.82, 2.24) is 9.66 Å². The molecule has 4 aromatic carbocycles. The van der Waals surface area contributed by atoms with Gasteiger partial charge in [-0.15, -0.1) is 0 Å². The largest absolute Gasteiger partial charge is 0.490 e. The minimum Gasteiger partial charge on any atom is -0.490 e. The highest BCUT2D eigenvalue weighted by atomic mass is 79.9. The molecular weight excluding hydrogens is 660 g/mol. The number of nitrogens with zero attached hydrogens (tertiary/aromatic N) is 3. The molecule has 0 unspecified atom stereocenters. The van der Waals surface area contributed by atoms with E-state index in [1.165, 1.54) is 23.0 Å². The molecule has 6 rings (SSSR count). The minimum atomic E-state index is -0.391. The number of aromatic nitrogens is 2. The van der Waals surface area contributed by atoms with Crippen molar-refractivity contribution in [3.05, 3.63) is 121 Å². The van der Waals surface area contributed by atoms with Crippen molar-refractivity contribution in [2.45, 2.75) is 13.5 Å². The normalized spacial score (nSPS) is 11.6. The van der Waals surface area contributed by atoms with Crippen LogP contribution in [0.15, 0.2) is 97.6 Å². The monoisotopic (exact) mass is 679 g/mol. The molecule has 2 aromatic heterocycles. The molecule has 0 aliphatic heterocycles. The van der Waals surface area contributed by atoms with Gasteiger partial charge in [0.2, 0.25) is 5.82 Å². The number of benzene rings is 4. The first-order valence-corrected chi connectivity index (χ1v) is 14.6. The van der Waals surface area contributed by atoms with Crippen LogP contribution in [0.4, 0.5) is 4.39 Å². The number of fused-ring (bicyclic) bond motifs is 2. The van der Waals surface area contributed by atoms with Crippen LogP contribution in [-0.2, 0) is 6.61 Å². The van der Waals surface area contributed by atoms with Gasteiger partial charge in [0.15, 0.2) is 17.3 Å². The highest BCUT2D eigenvalue weighted by molar-refractivity contribution is 9.10. The van der Waals surface area contributed by atoms with Gasteiger partial charge < -0.3 is 13.9 Å². The molecule has 6 aromatic rings. The van der Waals surface area contributed by atoms with E-state index in [4.69, 9.17) is 42.1 Å². The molecule has 0 saturated heterocycles. The summed E-state index contributed by atoms with van der Waals surface area (Å²) in [5.41, 5.74) is 1.83. The fourth-order valence-electron chi connectivity index (χ4n) is 4.51. The number of para-hydroxylation sites is 1. The fourth-order valence-corrected chi connectivity index (χ4v) is 5.35. The fraction of sp³-hybridized carbons (Fsp3) is 0.0938. The van der Waals surface area contributed by atoms with Crippen molar-refractivity contribution in [3.63, 3.8) is 0 Å². The van der Waals surface area contributed by atoms with E-state index in [-0.39, 0.29) is 29.0 Å². The topological polar surface area (TPSA) is 78.9 Å². The Morgan fingerprint density at radius 3 is 2.70 bits per heavy atom. The molecule has 0 amide bonds. The van der Waals surface area contributed by atoms with Crippen LogP contribution < -0.4 is 15.0 Å². The number of halogens is 4. The van der Waals surface area contributed by atoms with Crippen LogP contribution in [0, 0.1) is 5.82 Å². The SMILES string of the molecule is CCOc1cc(C=Nn2c(-c3cc4cc(Cl)ccc4o3)nc3ccccc3c2=O)c(Br)c(Cl)c1OCc1cccc(F)c1. The quantitative estimate of drug-likeness (QED) is 0.150. The second-order valence-electron chi connectivity index (χ2n) is 9.38. The molecule has 0 atom stereocenters. The maximum absolute atomic E-state index is 13.7. The number of ether oxygens (including phenoxy) is 2. The summed E-state index contributed by atoms with van der Waals surface area (Å²) in [5.74, 6) is 0.809. The van der Waals surface area contributed by atoms with Gasteiger partial charge in [-0.1, -0.05) is 47.5 Å². The average Bonchev–Trinajstić information content (AvgIpc) is 3.42. The van der Waals surface area contributed by atoms with Gasteiger partial charge in [-0.2, -0.15) is 9.78 Å². The first-order chi connectivity index (χ1) is 20.8. The molecule has 0 aliphatic rings. The summed E-state index contributed by atoms with van der Waals surface area (Å²) in [6.07, 6.45) is 1.47. The van der Waals surface area contributed by atoms with Gasteiger partial charge in [0, 0.05) is 20.4 Å². The van der Waals surface area contributed by atoms with Gasteiger partial charge in [0.05, 0.1) is 23.7 Å². The summed E-state index contributed by atoms with van der Waals surface area (Å²) in [4.78, 5) is 18.4.